The molecule has 1 aliphatic heterocycles. The Morgan fingerprint density at radius 2 is 1.81 bits per heavy atom. The van der Waals surface area contributed by atoms with E-state index in [4.69, 9.17) is 0 Å². The fourth-order valence-electron chi connectivity index (χ4n) is 3.45. The molecule has 1 aromatic carbocycles. The highest BCUT2D eigenvalue weighted by atomic mass is 19.2. The van der Waals surface area contributed by atoms with Gasteiger partial charge in [0.1, 0.15) is 0 Å². The number of nitrogens with zero attached hydrogens (tertiary/aromatic N) is 2. The van der Waals surface area contributed by atoms with Crippen molar-refractivity contribution in [2.24, 2.45) is 5.92 Å². The normalized spacial score (nSPS) is 19.2. The molecule has 7 nitrogen and oxygen atoms in total. The molecule has 0 unspecified atom stereocenters. The highest BCUT2D eigenvalue weighted by Gasteiger charge is 2.34. The quantitative estimate of drug-likeness (QED) is 0.599. The van der Waals surface area contributed by atoms with Crippen LogP contribution >= 0.6 is 0 Å². The largest absolute Gasteiger partial charge is 0.548 e. The van der Waals surface area contributed by atoms with Gasteiger partial charge in [-0.05, 0) is 24.8 Å². The molecule has 0 aromatic heterocycles. The lowest BCUT2D eigenvalue weighted by Crippen LogP contribution is -2.49. The number of likely N-dealkylation sites (tertiary alicyclic amines) is 1. The summed E-state index contributed by atoms with van der Waals surface area (Å²) in [5, 5.41) is 13.7. The van der Waals surface area contributed by atoms with E-state index in [9.17, 15) is 28.3 Å². The number of carboxylic acid groups (broad SMARTS) is 1. The monoisotopic (exact) mass is 453 g/mol. The van der Waals surface area contributed by atoms with Gasteiger partial charge in [-0.2, -0.15) is 0 Å². The molecule has 32 heavy (non-hydrogen) atoms. The number of hydrogen-bond acceptors (Lipinski definition) is 4. The summed E-state index contributed by atoms with van der Waals surface area (Å²) >= 11 is 0. The van der Waals surface area contributed by atoms with Crippen LogP contribution in [0.4, 0.5) is 8.78 Å². The molecule has 1 saturated heterocycles. The number of hydrogen-bond donors (Lipinski definition) is 1. The number of carboxylic acids is 1. The van der Waals surface area contributed by atoms with Crippen molar-refractivity contribution in [2.45, 2.75) is 57.2 Å². The molecule has 1 aliphatic carbocycles. The Hall–Kier alpha value is -2.55. The van der Waals surface area contributed by atoms with Gasteiger partial charge in [-0.1, -0.05) is 25.0 Å². The molecular formula is C23H33F2N3O4. The average molecular weight is 454 g/mol. The number of carbonyl (C=O) groups is 3. The Balaban J connectivity index is 0.000000654. The van der Waals surface area contributed by atoms with Crippen LogP contribution in [0.15, 0.2) is 18.2 Å². The van der Waals surface area contributed by atoms with Crippen LogP contribution in [0.2, 0.25) is 0 Å². The highest BCUT2D eigenvalue weighted by molar-refractivity contribution is 5.85. The maximum Gasteiger partial charge on any atom is 0.223 e. The number of halogens is 2. The number of rotatable bonds is 8. The summed E-state index contributed by atoms with van der Waals surface area (Å²) in [6, 6.07) is 2.22. The Morgan fingerprint density at radius 3 is 2.38 bits per heavy atom. The van der Waals surface area contributed by atoms with E-state index in [2.05, 4.69) is 33.5 Å². The second-order valence-electron chi connectivity index (χ2n) is 9.93. The molecule has 0 bridgehead atoms. The second-order valence-corrected chi connectivity index (χ2v) is 9.93. The lowest BCUT2D eigenvalue weighted by atomic mass is 10.1. The van der Waals surface area contributed by atoms with Gasteiger partial charge >= 0.3 is 0 Å². The molecule has 2 aliphatic rings. The Morgan fingerprint density at radius 1 is 1.19 bits per heavy atom. The minimum Gasteiger partial charge on any atom is -0.548 e. The smallest absolute Gasteiger partial charge is 0.223 e. The van der Waals surface area contributed by atoms with E-state index in [-0.39, 0.29) is 30.9 Å². The van der Waals surface area contributed by atoms with Crippen molar-refractivity contribution in [1.82, 2.24) is 10.2 Å². The number of quaternary nitrogens is 1. The topological polar surface area (TPSA) is 89.5 Å². The summed E-state index contributed by atoms with van der Waals surface area (Å²) in [5.41, 5.74) is 0.0389. The van der Waals surface area contributed by atoms with Crippen LogP contribution < -0.4 is 10.4 Å². The second kappa shape index (κ2) is 10.8. The van der Waals surface area contributed by atoms with Crippen LogP contribution in [-0.4, -0.2) is 67.4 Å². The number of benzene rings is 1. The third kappa shape index (κ3) is 8.53. The Kier molecular flexibility index (Phi) is 8.72. The van der Waals surface area contributed by atoms with Crippen molar-refractivity contribution in [3.05, 3.63) is 35.4 Å². The van der Waals surface area contributed by atoms with Crippen LogP contribution in [0.5, 0.6) is 0 Å². The summed E-state index contributed by atoms with van der Waals surface area (Å²) < 4.78 is 28.3. The zero-order valence-electron chi connectivity index (χ0n) is 19.2. The maximum absolute atomic E-state index is 13.9. The molecule has 1 heterocycles. The molecule has 0 radical (unpaired) electrons. The van der Waals surface area contributed by atoms with Crippen LogP contribution in [-0.2, 0) is 20.9 Å². The van der Waals surface area contributed by atoms with Gasteiger partial charge in [-0.25, -0.2) is 8.78 Å². The molecule has 2 fully saturated rings. The summed E-state index contributed by atoms with van der Waals surface area (Å²) in [7, 11) is 8.50. The standard InChI is InChI=1S/C19H22F2N2O4.C4H12N/c20-14-3-1-2-12(18(14)21)10-23-13(6-7-17(23)25)9-16(24)22-15(19(26)27)8-11-4-5-11;1-5(2,3)4/h1-3,11,13,15H,4-10H2,(H,22,24)(H,26,27);1-4H3/q;+1/p-1/t13-,15-;/m0./s1. The molecular weight excluding hydrogens is 420 g/mol. The number of carbonyl (C=O) groups excluding carboxylic acids is 3. The van der Waals surface area contributed by atoms with Gasteiger partial charge in [0.05, 0.1) is 40.2 Å². The van der Waals surface area contributed by atoms with Gasteiger partial charge in [-0.15, -0.1) is 0 Å². The van der Waals surface area contributed by atoms with E-state index < -0.39 is 35.6 Å². The van der Waals surface area contributed by atoms with Gasteiger partial charge < -0.3 is 24.6 Å². The predicted molar refractivity (Wildman–Crippen MR) is 113 cm³/mol. The molecule has 1 N–H and O–H groups in total. The van der Waals surface area contributed by atoms with Crippen molar-refractivity contribution in [3.8, 4) is 0 Å². The first-order chi connectivity index (χ1) is 14.8. The fraction of sp³-hybridized carbons (Fsp3) is 0.609. The fourth-order valence-corrected chi connectivity index (χ4v) is 3.45. The molecule has 2 amide bonds. The van der Waals surface area contributed by atoms with Gasteiger partial charge in [0, 0.05) is 31.0 Å². The van der Waals surface area contributed by atoms with E-state index in [0.29, 0.717) is 18.8 Å². The predicted octanol–water partition coefficient (Wildman–Crippen LogP) is 1.20. The van der Waals surface area contributed by atoms with E-state index in [0.717, 1.165) is 23.4 Å². The molecule has 1 aromatic rings. The lowest BCUT2D eigenvalue weighted by molar-refractivity contribution is -0.849. The molecule has 9 heteroatoms. The zero-order chi connectivity index (χ0) is 24.1. The minimum atomic E-state index is -1.32. The molecule has 3 rings (SSSR count). The Labute approximate surface area is 188 Å². The third-order valence-corrected chi connectivity index (χ3v) is 5.13. The molecule has 178 valence electrons. The first-order valence-electron chi connectivity index (χ1n) is 10.9. The van der Waals surface area contributed by atoms with Crippen molar-refractivity contribution in [3.63, 3.8) is 0 Å². The minimum absolute atomic E-state index is 0.0389. The maximum atomic E-state index is 13.9. The number of amides is 2. The molecule has 0 spiro atoms. The van der Waals surface area contributed by atoms with Crippen molar-refractivity contribution in [2.75, 3.05) is 28.2 Å². The summed E-state index contributed by atoms with van der Waals surface area (Å²) in [6.45, 7) is -0.133. The SMILES string of the molecule is C[N+](C)(C)C.O=C(C[C@@H]1CCC(=O)N1Cc1cccc(F)c1F)N[C@@H](CC1CC1)C(=O)[O-]. The van der Waals surface area contributed by atoms with Crippen LogP contribution in [0.1, 0.15) is 44.1 Å². The number of nitrogens with one attached hydrogen (secondary N) is 1. The lowest BCUT2D eigenvalue weighted by Gasteiger charge is -2.26. The summed E-state index contributed by atoms with van der Waals surface area (Å²) in [6.07, 6.45) is 2.77. The first kappa shape index (κ1) is 25.7. The summed E-state index contributed by atoms with van der Waals surface area (Å²) in [5.74, 6) is -3.77. The van der Waals surface area contributed by atoms with Crippen LogP contribution in [0.25, 0.3) is 0 Å². The van der Waals surface area contributed by atoms with Crippen molar-refractivity contribution >= 4 is 17.8 Å². The molecule has 2 atom stereocenters. The highest BCUT2D eigenvalue weighted by Crippen LogP contribution is 2.33. The van der Waals surface area contributed by atoms with Crippen molar-refractivity contribution < 1.29 is 32.8 Å². The van der Waals surface area contributed by atoms with E-state index in [1.807, 2.05) is 0 Å². The van der Waals surface area contributed by atoms with E-state index >= 15 is 0 Å². The third-order valence-electron chi connectivity index (χ3n) is 5.13. The molecule has 1 saturated carbocycles. The van der Waals surface area contributed by atoms with E-state index in [1.54, 1.807) is 0 Å². The van der Waals surface area contributed by atoms with Gasteiger partial charge in [0.25, 0.3) is 0 Å². The first-order valence-corrected chi connectivity index (χ1v) is 10.9. The van der Waals surface area contributed by atoms with Crippen LogP contribution in [0, 0.1) is 17.6 Å². The summed E-state index contributed by atoms with van der Waals surface area (Å²) in [4.78, 5) is 36.9. The van der Waals surface area contributed by atoms with Gasteiger partial charge in [-0.3, -0.25) is 9.59 Å². The van der Waals surface area contributed by atoms with Gasteiger partial charge in [0.2, 0.25) is 11.8 Å². The average Bonchev–Trinajstić information content (AvgIpc) is 3.42. The van der Waals surface area contributed by atoms with Crippen molar-refractivity contribution in [1.29, 1.82) is 0 Å². The van der Waals surface area contributed by atoms with Gasteiger partial charge in [0.15, 0.2) is 11.6 Å². The van der Waals surface area contributed by atoms with Crippen LogP contribution in [0.3, 0.4) is 0 Å². The van der Waals surface area contributed by atoms with E-state index in [1.165, 1.54) is 17.0 Å². The zero-order valence-corrected chi connectivity index (χ0v) is 19.2. The number of aliphatic carboxylic acids is 1. The Bertz CT molecular complexity index is 831.